The predicted octanol–water partition coefficient (Wildman–Crippen LogP) is 2.88. The number of nitrogens with two attached hydrogens (primary N) is 1. The summed E-state index contributed by atoms with van der Waals surface area (Å²) in [5.41, 5.74) is 7.12. The number of rotatable bonds is 4. The fraction of sp³-hybridized carbons (Fsp3) is 0.500. The molecule has 5 heteroatoms. The topological polar surface area (TPSA) is 61.6 Å². The van der Waals surface area contributed by atoms with E-state index in [2.05, 4.69) is 29.8 Å². The van der Waals surface area contributed by atoms with Gasteiger partial charge in [0.05, 0.1) is 4.47 Å². The van der Waals surface area contributed by atoms with Crippen LogP contribution in [0.3, 0.4) is 0 Å². The van der Waals surface area contributed by atoms with Crippen molar-refractivity contribution in [2.45, 2.75) is 26.2 Å². The van der Waals surface area contributed by atoms with E-state index in [9.17, 15) is 4.79 Å². The average molecular weight is 328 g/mol. The lowest BCUT2D eigenvalue weighted by molar-refractivity contribution is 0.0982. The Balaban J connectivity index is 2.57. The minimum Gasteiger partial charge on any atom is -0.486 e. The minimum atomic E-state index is 0.0453. The number of carbonyl (C=O) groups is 1. The second-order valence-electron chi connectivity index (χ2n) is 4.79. The molecule has 1 aliphatic rings. The van der Waals surface area contributed by atoms with Gasteiger partial charge < -0.3 is 15.2 Å². The number of carbonyl (C=O) groups excluding carboxylic acids is 1. The van der Waals surface area contributed by atoms with Crippen LogP contribution in [0.1, 0.15) is 42.1 Å². The highest BCUT2D eigenvalue weighted by molar-refractivity contribution is 9.10. The van der Waals surface area contributed by atoms with E-state index in [1.54, 1.807) is 6.07 Å². The van der Waals surface area contributed by atoms with Crippen molar-refractivity contribution in [3.63, 3.8) is 0 Å². The highest BCUT2D eigenvalue weighted by Gasteiger charge is 2.25. The fourth-order valence-corrected chi connectivity index (χ4v) is 3.20. The molecule has 1 heterocycles. The van der Waals surface area contributed by atoms with Crippen molar-refractivity contribution >= 4 is 21.7 Å². The average Bonchev–Trinajstić information content (AvgIpc) is 2.38. The maximum Gasteiger partial charge on any atom is 0.175 e. The molecule has 0 atom stereocenters. The Morgan fingerprint density at radius 3 is 2.74 bits per heavy atom. The van der Waals surface area contributed by atoms with Crippen LogP contribution in [-0.4, -0.2) is 25.5 Å². The van der Waals surface area contributed by atoms with Gasteiger partial charge in [-0.3, -0.25) is 4.79 Å². The number of halogens is 1. The maximum atomic E-state index is 12.2. The number of ether oxygens (including phenoxy) is 2. The molecule has 4 nitrogen and oxygen atoms in total. The van der Waals surface area contributed by atoms with Crippen LogP contribution < -0.4 is 15.2 Å². The van der Waals surface area contributed by atoms with E-state index in [-0.39, 0.29) is 11.7 Å². The zero-order valence-corrected chi connectivity index (χ0v) is 12.7. The third-order valence-corrected chi connectivity index (χ3v) is 3.85. The third-order valence-electron chi connectivity index (χ3n) is 3.06. The summed E-state index contributed by atoms with van der Waals surface area (Å²) < 4.78 is 12.0. The molecule has 2 N–H and O–H groups in total. The molecule has 0 radical (unpaired) electrons. The summed E-state index contributed by atoms with van der Waals surface area (Å²) in [6, 6.07) is 1.78. The first kappa shape index (κ1) is 14.3. The first-order valence-corrected chi connectivity index (χ1v) is 7.20. The maximum absolute atomic E-state index is 12.2. The molecule has 1 aromatic rings. The molecule has 19 heavy (non-hydrogen) atoms. The van der Waals surface area contributed by atoms with Gasteiger partial charge in [-0.15, -0.1) is 0 Å². The quantitative estimate of drug-likeness (QED) is 0.864. The van der Waals surface area contributed by atoms with Gasteiger partial charge in [-0.05, 0) is 40.0 Å². The van der Waals surface area contributed by atoms with Crippen molar-refractivity contribution in [3.05, 3.63) is 21.7 Å². The number of fused-ring (bicyclic) bond motifs is 1. The molecule has 0 aliphatic carbocycles. The van der Waals surface area contributed by atoms with E-state index in [1.165, 1.54) is 0 Å². The summed E-state index contributed by atoms with van der Waals surface area (Å²) in [5.74, 6) is 1.58. The van der Waals surface area contributed by atoms with E-state index >= 15 is 0 Å². The molecule has 0 aromatic heterocycles. The van der Waals surface area contributed by atoms with Gasteiger partial charge in [0, 0.05) is 12.0 Å². The SMILES string of the molecule is CC(C)c1c(C(=O)CCN)cc2c(c1Br)OCCO2. The standard InChI is InChI=1S/C14H18BrNO3/c1-8(2)12-9(10(17)3-4-16)7-11-14(13(12)15)19-6-5-18-11/h7-8H,3-6,16H2,1-2H3. The smallest absolute Gasteiger partial charge is 0.175 e. The zero-order valence-electron chi connectivity index (χ0n) is 11.2. The summed E-state index contributed by atoms with van der Waals surface area (Å²) >= 11 is 3.55. The molecule has 2 rings (SSSR count). The Morgan fingerprint density at radius 2 is 2.11 bits per heavy atom. The Hall–Kier alpha value is -1.07. The van der Waals surface area contributed by atoms with Crippen molar-refractivity contribution < 1.29 is 14.3 Å². The van der Waals surface area contributed by atoms with Crippen LogP contribution in [0.4, 0.5) is 0 Å². The van der Waals surface area contributed by atoms with Gasteiger partial charge in [-0.25, -0.2) is 0 Å². The molecular formula is C14H18BrNO3. The van der Waals surface area contributed by atoms with Crippen molar-refractivity contribution in [3.8, 4) is 11.5 Å². The molecule has 0 unspecified atom stereocenters. The van der Waals surface area contributed by atoms with E-state index in [0.717, 1.165) is 10.0 Å². The van der Waals surface area contributed by atoms with Crippen LogP contribution in [0.2, 0.25) is 0 Å². The molecule has 0 amide bonds. The van der Waals surface area contributed by atoms with E-state index in [1.807, 2.05) is 0 Å². The first-order valence-electron chi connectivity index (χ1n) is 6.41. The van der Waals surface area contributed by atoms with E-state index in [0.29, 0.717) is 43.2 Å². The number of benzene rings is 1. The van der Waals surface area contributed by atoms with Gasteiger partial charge in [-0.1, -0.05) is 13.8 Å². The Kier molecular flexibility index (Phi) is 4.47. The Bertz CT molecular complexity index is 500. The van der Waals surface area contributed by atoms with Crippen molar-refractivity contribution in [1.29, 1.82) is 0 Å². The van der Waals surface area contributed by atoms with Crippen molar-refractivity contribution in [2.24, 2.45) is 5.73 Å². The number of Topliss-reactive ketones (excluding diaryl/α,β-unsaturated/α-hetero) is 1. The highest BCUT2D eigenvalue weighted by Crippen LogP contribution is 2.44. The first-order chi connectivity index (χ1) is 9.06. The molecule has 0 saturated carbocycles. The fourth-order valence-electron chi connectivity index (χ4n) is 2.22. The molecule has 0 bridgehead atoms. The van der Waals surface area contributed by atoms with Crippen molar-refractivity contribution in [1.82, 2.24) is 0 Å². The number of ketones is 1. The van der Waals surface area contributed by atoms with Crippen LogP contribution in [-0.2, 0) is 0 Å². The molecule has 0 spiro atoms. The monoisotopic (exact) mass is 327 g/mol. The normalized spacial score (nSPS) is 13.7. The minimum absolute atomic E-state index is 0.0453. The van der Waals surface area contributed by atoms with Gasteiger partial charge in [0.2, 0.25) is 0 Å². The second-order valence-corrected chi connectivity index (χ2v) is 5.59. The lowest BCUT2D eigenvalue weighted by Gasteiger charge is -2.24. The zero-order chi connectivity index (χ0) is 14.0. The molecule has 0 saturated heterocycles. The largest absolute Gasteiger partial charge is 0.486 e. The Labute approximate surface area is 121 Å². The number of hydrogen-bond donors (Lipinski definition) is 1. The molecule has 1 aromatic carbocycles. The van der Waals surface area contributed by atoms with Gasteiger partial charge in [-0.2, -0.15) is 0 Å². The Morgan fingerprint density at radius 1 is 1.42 bits per heavy atom. The van der Waals surface area contributed by atoms with Crippen LogP contribution in [0.15, 0.2) is 10.5 Å². The summed E-state index contributed by atoms with van der Waals surface area (Å²) in [4.78, 5) is 12.2. The van der Waals surface area contributed by atoms with Crippen molar-refractivity contribution in [2.75, 3.05) is 19.8 Å². The van der Waals surface area contributed by atoms with Gasteiger partial charge in [0.15, 0.2) is 17.3 Å². The van der Waals surface area contributed by atoms with Gasteiger partial charge >= 0.3 is 0 Å². The molecule has 0 fully saturated rings. The third kappa shape index (κ3) is 2.77. The lowest BCUT2D eigenvalue weighted by atomic mass is 9.93. The molecular weight excluding hydrogens is 310 g/mol. The summed E-state index contributed by atoms with van der Waals surface area (Å²) in [7, 11) is 0. The van der Waals surface area contributed by atoms with Crippen LogP contribution >= 0.6 is 15.9 Å². The van der Waals surface area contributed by atoms with Crippen LogP contribution in [0.25, 0.3) is 0 Å². The molecule has 104 valence electrons. The van der Waals surface area contributed by atoms with Crippen LogP contribution in [0.5, 0.6) is 11.5 Å². The number of hydrogen-bond acceptors (Lipinski definition) is 4. The van der Waals surface area contributed by atoms with E-state index in [4.69, 9.17) is 15.2 Å². The lowest BCUT2D eigenvalue weighted by Crippen LogP contribution is -2.18. The predicted molar refractivity (Wildman–Crippen MR) is 77.2 cm³/mol. The van der Waals surface area contributed by atoms with Gasteiger partial charge in [0.1, 0.15) is 13.2 Å². The van der Waals surface area contributed by atoms with Gasteiger partial charge in [0.25, 0.3) is 0 Å². The van der Waals surface area contributed by atoms with Crippen LogP contribution in [0, 0.1) is 0 Å². The summed E-state index contributed by atoms with van der Waals surface area (Å²) in [5, 5.41) is 0. The molecule has 1 aliphatic heterocycles. The second kappa shape index (κ2) is 5.92. The van der Waals surface area contributed by atoms with E-state index < -0.39 is 0 Å². The highest BCUT2D eigenvalue weighted by atomic mass is 79.9. The summed E-state index contributed by atoms with van der Waals surface area (Å²) in [6.45, 7) is 5.48. The summed E-state index contributed by atoms with van der Waals surface area (Å²) in [6.07, 6.45) is 0.339.